The summed E-state index contributed by atoms with van der Waals surface area (Å²) < 4.78 is 0. The Balaban J connectivity index is 1.08. The number of rotatable bonds is 4. The standard InChI is InChI=1S/C36H43NO/c1-36-18-5-8-34(36)31-14-13-29-22-30(38)23-33(35(29)32(31)15-19-36)28-11-9-25(10-12-28)24-37-20-16-27(17-21-37)26-6-3-2-4-7-26/h2-4,6-7,9-12,22,27,31,33-34H,5,8,13-21,23-24H2,1H3/t31-,33?,34+,36+/m1/s1. The third-order valence-corrected chi connectivity index (χ3v) is 11.2. The second-order valence-electron chi connectivity index (χ2n) is 13.3. The van der Waals surface area contributed by atoms with Gasteiger partial charge >= 0.3 is 0 Å². The number of carbonyl (C=O) groups is 1. The molecule has 4 atom stereocenters. The summed E-state index contributed by atoms with van der Waals surface area (Å²) in [5, 5.41) is 0. The molecule has 7 rings (SSSR count). The molecule has 1 heterocycles. The van der Waals surface area contributed by atoms with E-state index in [9.17, 15) is 4.79 Å². The number of nitrogens with zero attached hydrogens (tertiary/aromatic N) is 1. The third-order valence-electron chi connectivity index (χ3n) is 11.2. The summed E-state index contributed by atoms with van der Waals surface area (Å²) in [5.41, 5.74) is 9.54. The first-order valence-electron chi connectivity index (χ1n) is 15.4. The first-order chi connectivity index (χ1) is 18.6. The molecule has 4 aliphatic carbocycles. The van der Waals surface area contributed by atoms with Crippen molar-refractivity contribution >= 4 is 5.78 Å². The molecule has 2 aromatic carbocycles. The van der Waals surface area contributed by atoms with Gasteiger partial charge in [-0.15, -0.1) is 0 Å². The zero-order valence-corrected chi connectivity index (χ0v) is 23.1. The van der Waals surface area contributed by atoms with Gasteiger partial charge in [0.2, 0.25) is 0 Å². The van der Waals surface area contributed by atoms with E-state index in [0.717, 1.165) is 24.8 Å². The molecule has 0 spiro atoms. The monoisotopic (exact) mass is 505 g/mol. The van der Waals surface area contributed by atoms with E-state index in [4.69, 9.17) is 0 Å². The Morgan fingerprint density at radius 2 is 1.66 bits per heavy atom. The van der Waals surface area contributed by atoms with Gasteiger partial charge in [-0.2, -0.15) is 0 Å². The van der Waals surface area contributed by atoms with E-state index in [0.29, 0.717) is 23.5 Å². The van der Waals surface area contributed by atoms with Crippen molar-refractivity contribution in [1.82, 2.24) is 4.90 Å². The Kier molecular flexibility index (Phi) is 6.43. The number of allylic oxidation sites excluding steroid dienone is 4. The molecule has 2 heteroatoms. The smallest absolute Gasteiger partial charge is 0.156 e. The van der Waals surface area contributed by atoms with Gasteiger partial charge in [0.25, 0.3) is 0 Å². The molecule has 1 aliphatic heterocycles. The molecule has 2 saturated carbocycles. The summed E-state index contributed by atoms with van der Waals surface area (Å²) >= 11 is 0. The molecule has 38 heavy (non-hydrogen) atoms. The molecule has 5 aliphatic rings. The average molecular weight is 506 g/mol. The number of ketones is 1. The highest BCUT2D eigenvalue weighted by Gasteiger charge is 2.49. The highest BCUT2D eigenvalue weighted by Crippen LogP contribution is 2.61. The second kappa shape index (κ2) is 9.94. The zero-order chi connectivity index (χ0) is 25.7. The summed E-state index contributed by atoms with van der Waals surface area (Å²) in [4.78, 5) is 15.5. The largest absolute Gasteiger partial charge is 0.299 e. The van der Waals surface area contributed by atoms with E-state index in [2.05, 4.69) is 66.4 Å². The lowest BCUT2D eigenvalue weighted by atomic mass is 9.56. The quantitative estimate of drug-likeness (QED) is 0.416. The maximum absolute atomic E-state index is 12.8. The molecule has 2 aromatic rings. The van der Waals surface area contributed by atoms with Gasteiger partial charge < -0.3 is 0 Å². The summed E-state index contributed by atoms with van der Waals surface area (Å²) in [5.74, 6) is 2.93. The second-order valence-corrected chi connectivity index (χ2v) is 13.3. The van der Waals surface area contributed by atoms with Gasteiger partial charge in [-0.05, 0) is 122 Å². The van der Waals surface area contributed by atoms with Crippen LogP contribution >= 0.6 is 0 Å². The van der Waals surface area contributed by atoms with Crippen molar-refractivity contribution in [2.45, 2.75) is 89.5 Å². The predicted octanol–water partition coefficient (Wildman–Crippen LogP) is 8.36. The van der Waals surface area contributed by atoms with Crippen LogP contribution in [0, 0.1) is 17.3 Å². The molecular formula is C36H43NO. The lowest BCUT2D eigenvalue weighted by molar-refractivity contribution is -0.115. The van der Waals surface area contributed by atoms with Gasteiger partial charge in [0.1, 0.15) is 0 Å². The summed E-state index contributed by atoms with van der Waals surface area (Å²) in [6, 6.07) is 20.5. The first kappa shape index (κ1) is 24.6. The Labute approximate surface area is 229 Å². The van der Waals surface area contributed by atoms with Gasteiger partial charge in [-0.25, -0.2) is 0 Å². The molecule has 198 valence electrons. The van der Waals surface area contributed by atoms with Crippen molar-refractivity contribution in [3.05, 3.63) is 94.1 Å². The summed E-state index contributed by atoms with van der Waals surface area (Å²) in [6.07, 6.45) is 14.4. The Bertz CT molecular complexity index is 1250. The Hall–Kier alpha value is -2.45. The van der Waals surface area contributed by atoms with Crippen LogP contribution in [0.4, 0.5) is 0 Å². The topological polar surface area (TPSA) is 20.3 Å². The van der Waals surface area contributed by atoms with E-state index in [1.54, 1.807) is 11.1 Å². The molecule has 0 bridgehead atoms. The van der Waals surface area contributed by atoms with Crippen LogP contribution in [0.2, 0.25) is 0 Å². The van der Waals surface area contributed by atoms with Crippen molar-refractivity contribution < 1.29 is 4.79 Å². The van der Waals surface area contributed by atoms with Crippen molar-refractivity contribution in [2.75, 3.05) is 13.1 Å². The molecule has 3 fully saturated rings. The van der Waals surface area contributed by atoms with Crippen LogP contribution in [0.25, 0.3) is 0 Å². The molecule has 2 nitrogen and oxygen atoms in total. The van der Waals surface area contributed by atoms with Crippen molar-refractivity contribution in [2.24, 2.45) is 17.3 Å². The fourth-order valence-electron chi connectivity index (χ4n) is 9.17. The van der Waals surface area contributed by atoms with Crippen LogP contribution in [-0.4, -0.2) is 23.8 Å². The number of benzene rings is 2. The molecule has 0 amide bonds. The number of fused-ring (bicyclic) bond motifs is 4. The number of piperidine rings is 1. The molecule has 0 radical (unpaired) electrons. The maximum Gasteiger partial charge on any atom is 0.156 e. The minimum Gasteiger partial charge on any atom is -0.299 e. The SMILES string of the molecule is C[C@@]12CCC[C@H]1[C@@H]1CCC3=CC(=O)CC(c4ccc(CN5CCC(c6ccccc6)CC5)cc4)C3=C1CC2. The van der Waals surface area contributed by atoms with Gasteiger partial charge in [-0.1, -0.05) is 73.5 Å². The van der Waals surface area contributed by atoms with E-state index in [1.807, 2.05) is 6.08 Å². The van der Waals surface area contributed by atoms with E-state index >= 15 is 0 Å². The average Bonchev–Trinajstić information content (AvgIpc) is 3.35. The van der Waals surface area contributed by atoms with E-state index in [1.165, 1.54) is 86.7 Å². The van der Waals surface area contributed by atoms with Crippen LogP contribution in [0.5, 0.6) is 0 Å². The zero-order valence-electron chi connectivity index (χ0n) is 23.1. The fourth-order valence-corrected chi connectivity index (χ4v) is 9.17. The number of hydrogen-bond donors (Lipinski definition) is 0. The number of likely N-dealkylation sites (tertiary alicyclic amines) is 1. The van der Waals surface area contributed by atoms with Gasteiger partial charge in [0, 0.05) is 18.9 Å². The number of hydrogen-bond acceptors (Lipinski definition) is 2. The third kappa shape index (κ3) is 4.43. The van der Waals surface area contributed by atoms with Gasteiger partial charge in [0.15, 0.2) is 5.78 Å². The summed E-state index contributed by atoms with van der Waals surface area (Å²) in [7, 11) is 0. The predicted molar refractivity (Wildman–Crippen MR) is 155 cm³/mol. The highest BCUT2D eigenvalue weighted by molar-refractivity contribution is 5.94. The minimum absolute atomic E-state index is 0.265. The molecule has 1 saturated heterocycles. The fraction of sp³-hybridized carbons (Fsp3) is 0.528. The molecule has 1 unspecified atom stereocenters. The highest BCUT2D eigenvalue weighted by atomic mass is 16.1. The van der Waals surface area contributed by atoms with Crippen LogP contribution in [0.15, 0.2) is 77.4 Å². The molecule has 0 N–H and O–H groups in total. The van der Waals surface area contributed by atoms with Crippen molar-refractivity contribution in [1.29, 1.82) is 0 Å². The minimum atomic E-state index is 0.265. The van der Waals surface area contributed by atoms with Gasteiger partial charge in [-0.3, -0.25) is 9.69 Å². The summed E-state index contributed by atoms with van der Waals surface area (Å²) in [6.45, 7) is 5.95. The molecular weight excluding hydrogens is 462 g/mol. The van der Waals surface area contributed by atoms with Crippen LogP contribution < -0.4 is 0 Å². The lowest BCUT2D eigenvalue weighted by Crippen LogP contribution is -2.37. The lowest BCUT2D eigenvalue weighted by Gasteiger charge is -2.48. The maximum atomic E-state index is 12.8. The van der Waals surface area contributed by atoms with Crippen molar-refractivity contribution in [3.63, 3.8) is 0 Å². The number of carbonyl (C=O) groups excluding carboxylic acids is 1. The Morgan fingerprint density at radius 3 is 2.45 bits per heavy atom. The van der Waals surface area contributed by atoms with Crippen molar-refractivity contribution in [3.8, 4) is 0 Å². The van der Waals surface area contributed by atoms with E-state index < -0.39 is 0 Å². The van der Waals surface area contributed by atoms with Crippen LogP contribution in [0.3, 0.4) is 0 Å². The normalized spacial score (nSPS) is 32.0. The van der Waals surface area contributed by atoms with E-state index in [-0.39, 0.29) is 5.92 Å². The van der Waals surface area contributed by atoms with Crippen LogP contribution in [-0.2, 0) is 11.3 Å². The van der Waals surface area contributed by atoms with Crippen LogP contribution in [0.1, 0.15) is 99.7 Å². The van der Waals surface area contributed by atoms with Gasteiger partial charge in [0.05, 0.1) is 0 Å². The Morgan fingerprint density at radius 1 is 0.868 bits per heavy atom. The first-order valence-corrected chi connectivity index (χ1v) is 15.4. The molecule has 0 aromatic heterocycles.